The fourth-order valence-electron chi connectivity index (χ4n) is 5.82. The molecule has 2 aliphatic heterocycles. The molecule has 1 aromatic rings. The molecule has 2 N–H and O–H groups in total. The predicted molar refractivity (Wildman–Crippen MR) is 142 cm³/mol. The highest BCUT2D eigenvalue weighted by Crippen LogP contribution is 2.33. The van der Waals surface area contributed by atoms with E-state index in [-0.39, 0.29) is 29.8 Å². The van der Waals surface area contributed by atoms with E-state index in [1.165, 1.54) is 7.11 Å². The number of esters is 1. The number of likely N-dealkylation sites (tertiary alicyclic amines) is 2. The topological polar surface area (TPSA) is 108 Å². The number of ether oxygens (including phenoxy) is 1. The average Bonchev–Trinajstić information content (AvgIpc) is 3.64. The van der Waals surface area contributed by atoms with Crippen LogP contribution in [0.1, 0.15) is 58.1 Å². The molecule has 2 amide bonds. The number of rotatable bonds is 13. The first-order chi connectivity index (χ1) is 17.4. The Balaban J connectivity index is 1.70. The van der Waals surface area contributed by atoms with Gasteiger partial charge in [0.1, 0.15) is 6.04 Å². The summed E-state index contributed by atoms with van der Waals surface area (Å²) in [7, 11) is 1.36. The maximum atomic E-state index is 13.5. The monoisotopic (exact) mass is 521 g/mol. The molecule has 3 rings (SSSR count). The number of nitrogens with one attached hydrogen (secondary N) is 2. The van der Waals surface area contributed by atoms with Crippen molar-refractivity contribution in [3.63, 3.8) is 0 Å². The number of hydrogen-bond acceptors (Lipinski definition) is 7. The molecule has 10 heteroatoms. The van der Waals surface area contributed by atoms with Gasteiger partial charge in [0.05, 0.1) is 19.5 Å². The summed E-state index contributed by atoms with van der Waals surface area (Å²) in [5.74, 6) is 1.09. The number of thioether (sulfide) groups is 1. The summed E-state index contributed by atoms with van der Waals surface area (Å²) in [5.41, 5.74) is 0.967. The number of nitrogens with zero attached hydrogens (tertiary/aromatic N) is 3. The van der Waals surface area contributed by atoms with E-state index in [1.807, 2.05) is 6.26 Å². The van der Waals surface area contributed by atoms with E-state index in [0.717, 1.165) is 50.2 Å². The summed E-state index contributed by atoms with van der Waals surface area (Å²) in [4.78, 5) is 50.5. The van der Waals surface area contributed by atoms with Crippen molar-refractivity contribution in [3.8, 4) is 0 Å². The van der Waals surface area contributed by atoms with Gasteiger partial charge in [-0.25, -0.2) is 9.78 Å². The van der Waals surface area contributed by atoms with Gasteiger partial charge in [0, 0.05) is 37.4 Å². The molecule has 5 atom stereocenters. The van der Waals surface area contributed by atoms with Crippen molar-refractivity contribution in [1.29, 1.82) is 0 Å². The number of imidazole rings is 1. The van der Waals surface area contributed by atoms with E-state index in [0.29, 0.717) is 31.7 Å². The number of amides is 2. The Morgan fingerprint density at radius 2 is 1.97 bits per heavy atom. The molecule has 0 aromatic carbocycles. The van der Waals surface area contributed by atoms with E-state index in [9.17, 15) is 14.4 Å². The molecule has 2 fully saturated rings. The van der Waals surface area contributed by atoms with Gasteiger partial charge in [-0.3, -0.25) is 14.5 Å². The van der Waals surface area contributed by atoms with Gasteiger partial charge in [0.25, 0.3) is 0 Å². The molecule has 9 nitrogen and oxygen atoms in total. The van der Waals surface area contributed by atoms with Crippen LogP contribution in [0.2, 0.25) is 0 Å². The minimum atomic E-state index is -0.634. The largest absolute Gasteiger partial charge is 0.467 e. The summed E-state index contributed by atoms with van der Waals surface area (Å²) in [6, 6.07) is -0.829. The van der Waals surface area contributed by atoms with Gasteiger partial charge in [0.15, 0.2) is 0 Å². The third-order valence-electron chi connectivity index (χ3n) is 7.95. The number of carbonyl (C=O) groups excluding carboxylic acids is 3. The average molecular weight is 522 g/mol. The molecular formula is C26H43N5O4S. The smallest absolute Gasteiger partial charge is 0.328 e. The van der Waals surface area contributed by atoms with Crippen molar-refractivity contribution >= 4 is 29.5 Å². The van der Waals surface area contributed by atoms with Gasteiger partial charge in [-0.2, -0.15) is 11.8 Å². The highest BCUT2D eigenvalue weighted by Gasteiger charge is 2.44. The molecule has 0 unspecified atom stereocenters. The number of H-pyrrole nitrogens is 1. The first kappa shape index (κ1) is 28.5. The zero-order valence-electron chi connectivity index (χ0n) is 22.2. The van der Waals surface area contributed by atoms with Gasteiger partial charge in [-0.05, 0) is 56.1 Å². The maximum absolute atomic E-state index is 13.5. The Kier molecular flexibility index (Phi) is 11.1. The Morgan fingerprint density at radius 3 is 2.61 bits per heavy atom. The molecule has 0 aliphatic carbocycles. The molecule has 3 heterocycles. The second kappa shape index (κ2) is 14.0. The lowest BCUT2D eigenvalue weighted by atomic mass is 9.94. The number of carbonyl (C=O) groups is 3. The normalized spacial score (nSPS) is 25.2. The van der Waals surface area contributed by atoms with E-state index >= 15 is 0 Å². The summed E-state index contributed by atoms with van der Waals surface area (Å²) >= 11 is 1.64. The highest BCUT2D eigenvalue weighted by atomic mass is 32.2. The second-order valence-electron chi connectivity index (χ2n) is 9.95. The molecule has 0 bridgehead atoms. The van der Waals surface area contributed by atoms with Gasteiger partial charge in [-0.1, -0.05) is 26.7 Å². The molecule has 0 spiro atoms. The minimum Gasteiger partial charge on any atom is -0.467 e. The lowest BCUT2D eigenvalue weighted by Gasteiger charge is -2.35. The number of aromatic amines is 1. The first-order valence-electron chi connectivity index (χ1n) is 13.3. The third kappa shape index (κ3) is 7.03. The standard InChI is InChI=1S/C26H43N5O4S/c1-5-18-10-13-31(23(32)8-7-20-15-27-17-28-20)22(18)16-30-12-9-19(6-2)24(30)25(33)29-21(11-14-36-4)26(34)35-3/h15,17-19,21-22,24H,5-14,16H2,1-4H3,(H,27,28)(H,29,33)/t18-,19-,21-,22+,24-/m0/s1. The van der Waals surface area contributed by atoms with Crippen LogP contribution in [0.15, 0.2) is 12.5 Å². The lowest BCUT2D eigenvalue weighted by molar-refractivity contribution is -0.146. The van der Waals surface area contributed by atoms with E-state index in [4.69, 9.17) is 4.74 Å². The molecule has 2 saturated heterocycles. The van der Waals surface area contributed by atoms with Crippen LogP contribution in [-0.4, -0.2) is 94.4 Å². The zero-order chi connectivity index (χ0) is 26.1. The van der Waals surface area contributed by atoms with Crippen LogP contribution in [0.5, 0.6) is 0 Å². The Bertz CT molecular complexity index is 851. The summed E-state index contributed by atoms with van der Waals surface area (Å²) in [6.45, 7) is 6.59. The fraction of sp³-hybridized carbons (Fsp3) is 0.769. The second-order valence-corrected chi connectivity index (χ2v) is 10.9. The summed E-state index contributed by atoms with van der Waals surface area (Å²) in [6.07, 6.45) is 10.9. The van der Waals surface area contributed by atoms with Crippen LogP contribution in [-0.2, 0) is 25.5 Å². The zero-order valence-corrected chi connectivity index (χ0v) is 23.0. The number of aryl methyl sites for hydroxylation is 1. The van der Waals surface area contributed by atoms with Crippen LogP contribution in [0, 0.1) is 11.8 Å². The van der Waals surface area contributed by atoms with Crippen molar-refractivity contribution in [1.82, 2.24) is 25.1 Å². The van der Waals surface area contributed by atoms with Gasteiger partial charge in [0.2, 0.25) is 11.8 Å². The molecule has 2 aliphatic rings. The third-order valence-corrected chi connectivity index (χ3v) is 8.59. The summed E-state index contributed by atoms with van der Waals surface area (Å²) in [5, 5.41) is 3.00. The predicted octanol–water partition coefficient (Wildman–Crippen LogP) is 2.48. The first-order valence-corrected chi connectivity index (χ1v) is 14.7. The van der Waals surface area contributed by atoms with Gasteiger partial charge >= 0.3 is 5.97 Å². The van der Waals surface area contributed by atoms with E-state index in [2.05, 4.69) is 38.9 Å². The minimum absolute atomic E-state index is 0.0981. The van der Waals surface area contributed by atoms with Crippen molar-refractivity contribution in [2.24, 2.45) is 11.8 Å². The van der Waals surface area contributed by atoms with Crippen LogP contribution < -0.4 is 5.32 Å². The van der Waals surface area contributed by atoms with Crippen LogP contribution in [0.4, 0.5) is 0 Å². The molecule has 1 aromatic heterocycles. The van der Waals surface area contributed by atoms with E-state index < -0.39 is 12.0 Å². The molecule has 36 heavy (non-hydrogen) atoms. The number of aromatic nitrogens is 2. The molecular weight excluding hydrogens is 478 g/mol. The van der Waals surface area contributed by atoms with Crippen LogP contribution >= 0.6 is 11.8 Å². The fourth-order valence-corrected chi connectivity index (χ4v) is 6.29. The highest BCUT2D eigenvalue weighted by molar-refractivity contribution is 7.98. The lowest BCUT2D eigenvalue weighted by Crippen LogP contribution is -2.54. The van der Waals surface area contributed by atoms with Crippen LogP contribution in [0.25, 0.3) is 0 Å². The van der Waals surface area contributed by atoms with E-state index in [1.54, 1.807) is 24.3 Å². The Hall–Kier alpha value is -2.07. The SMILES string of the molecule is CC[C@H]1CCN(C[C@@H]2[C@@H](CC)CCN2C(=O)CCc2cnc[nH]2)[C@@H]1C(=O)N[C@@H](CCSC)C(=O)OC. The molecule has 0 saturated carbocycles. The van der Waals surface area contributed by atoms with Crippen molar-refractivity contribution in [2.75, 3.05) is 38.8 Å². The molecule has 202 valence electrons. The van der Waals surface area contributed by atoms with Crippen molar-refractivity contribution in [2.45, 2.75) is 76.9 Å². The number of hydrogen-bond donors (Lipinski definition) is 2. The molecule has 0 radical (unpaired) electrons. The Labute approximate surface area is 219 Å². The van der Waals surface area contributed by atoms with Crippen molar-refractivity contribution < 1.29 is 19.1 Å². The van der Waals surface area contributed by atoms with Gasteiger partial charge in [-0.15, -0.1) is 0 Å². The summed E-state index contributed by atoms with van der Waals surface area (Å²) < 4.78 is 4.95. The maximum Gasteiger partial charge on any atom is 0.328 e. The van der Waals surface area contributed by atoms with Crippen molar-refractivity contribution in [3.05, 3.63) is 18.2 Å². The van der Waals surface area contributed by atoms with Crippen LogP contribution in [0.3, 0.4) is 0 Å². The number of methoxy groups -OCH3 is 1. The quantitative estimate of drug-likeness (QED) is 0.384. The van der Waals surface area contributed by atoms with Gasteiger partial charge < -0.3 is 19.9 Å². The Morgan fingerprint density at radius 1 is 1.22 bits per heavy atom.